The minimum Gasteiger partial charge on any atom is -0.454 e. The molecule has 2 aliphatic heterocycles. The fourth-order valence-electron chi connectivity index (χ4n) is 3.81. The summed E-state index contributed by atoms with van der Waals surface area (Å²) in [5.41, 5.74) is 3.08. The Hall–Kier alpha value is -2.66. The van der Waals surface area contributed by atoms with Gasteiger partial charge in [-0.3, -0.25) is 4.79 Å². The van der Waals surface area contributed by atoms with Crippen LogP contribution in [0.25, 0.3) is 0 Å². The number of hydrogen-bond donors (Lipinski definition) is 0. The monoisotopic (exact) mass is 364 g/mol. The van der Waals surface area contributed by atoms with Gasteiger partial charge < -0.3 is 14.5 Å². The van der Waals surface area contributed by atoms with Crippen molar-refractivity contribution < 1.29 is 14.3 Å². The van der Waals surface area contributed by atoms with Gasteiger partial charge in [0.05, 0.1) is 5.56 Å². The lowest BCUT2D eigenvalue weighted by atomic mass is 9.93. The zero-order chi connectivity index (χ0) is 18.8. The molecule has 2 aromatic rings. The largest absolute Gasteiger partial charge is 0.454 e. The maximum Gasteiger partial charge on any atom is 0.339 e. The van der Waals surface area contributed by atoms with E-state index in [4.69, 9.17) is 4.74 Å². The third-order valence-electron chi connectivity index (χ3n) is 5.40. The maximum atomic E-state index is 13.0. The molecule has 0 bridgehead atoms. The molecule has 140 valence electrons. The smallest absolute Gasteiger partial charge is 0.339 e. The predicted octanol–water partition coefficient (Wildman–Crippen LogP) is 2.92. The van der Waals surface area contributed by atoms with Crippen LogP contribution in [0.15, 0.2) is 48.5 Å². The van der Waals surface area contributed by atoms with Gasteiger partial charge in [-0.05, 0) is 49.3 Å². The topological polar surface area (TPSA) is 49.9 Å². The van der Waals surface area contributed by atoms with Gasteiger partial charge in [0.15, 0.2) is 0 Å². The molecule has 0 radical (unpaired) electrons. The van der Waals surface area contributed by atoms with Crippen molar-refractivity contribution in [3.8, 4) is 0 Å². The molecule has 1 unspecified atom stereocenters. The lowest BCUT2D eigenvalue weighted by Crippen LogP contribution is -2.34. The first kappa shape index (κ1) is 17.7. The van der Waals surface area contributed by atoms with Crippen molar-refractivity contribution in [3.63, 3.8) is 0 Å². The molecule has 0 saturated carbocycles. The Morgan fingerprint density at radius 1 is 1.04 bits per heavy atom. The lowest BCUT2D eigenvalue weighted by molar-refractivity contribution is 0.0252. The van der Waals surface area contributed by atoms with Crippen LogP contribution in [0.2, 0.25) is 0 Å². The number of carbonyl (C=O) groups excluding carboxylic acids is 2. The van der Waals surface area contributed by atoms with Gasteiger partial charge >= 0.3 is 5.97 Å². The second kappa shape index (κ2) is 7.53. The summed E-state index contributed by atoms with van der Waals surface area (Å²) in [5.74, 6) is -0.274. The first-order valence-corrected chi connectivity index (χ1v) is 9.48. The molecule has 0 N–H and O–H groups in total. The summed E-state index contributed by atoms with van der Waals surface area (Å²) in [5, 5.41) is 0. The number of ether oxygens (including phenoxy) is 1. The molecule has 5 heteroatoms. The zero-order valence-corrected chi connectivity index (χ0v) is 15.6. The first-order valence-electron chi connectivity index (χ1n) is 9.48. The maximum absolute atomic E-state index is 13.0. The molecule has 1 saturated heterocycles. The number of likely N-dealkylation sites (N-methyl/N-ethyl adjacent to an activating group) is 1. The fraction of sp³-hybridized carbons (Fsp3) is 0.364. The number of amides is 1. The molecule has 2 aliphatic rings. The standard InChI is InChI=1S/C22H24N2O3/c1-23-10-5-11-24(13-12-23)21(25)17-8-9-19-18(14-17)15-20(27-22(19)26)16-6-3-2-4-7-16/h2-4,6-9,14,20H,5,10-13,15H2,1H3. The number of benzene rings is 2. The molecule has 1 atom stereocenters. The predicted molar refractivity (Wildman–Crippen MR) is 103 cm³/mol. The van der Waals surface area contributed by atoms with Crippen molar-refractivity contribution in [1.29, 1.82) is 0 Å². The minimum atomic E-state index is -0.319. The Labute approximate surface area is 159 Å². The van der Waals surface area contributed by atoms with Crippen LogP contribution in [-0.4, -0.2) is 54.9 Å². The summed E-state index contributed by atoms with van der Waals surface area (Å²) in [6.45, 7) is 3.41. The average molecular weight is 364 g/mol. The Morgan fingerprint density at radius 2 is 1.85 bits per heavy atom. The number of rotatable bonds is 2. The van der Waals surface area contributed by atoms with Crippen molar-refractivity contribution in [2.75, 3.05) is 33.2 Å². The summed E-state index contributed by atoms with van der Waals surface area (Å²) < 4.78 is 5.60. The van der Waals surface area contributed by atoms with E-state index in [-0.39, 0.29) is 18.0 Å². The Morgan fingerprint density at radius 3 is 2.67 bits per heavy atom. The molecule has 1 amide bonds. The van der Waals surface area contributed by atoms with Crippen molar-refractivity contribution in [2.24, 2.45) is 0 Å². The van der Waals surface area contributed by atoms with Crippen LogP contribution in [0.3, 0.4) is 0 Å². The average Bonchev–Trinajstić information content (AvgIpc) is 2.92. The molecule has 2 heterocycles. The molecule has 0 aromatic heterocycles. The van der Waals surface area contributed by atoms with Gasteiger partial charge in [0.2, 0.25) is 0 Å². The molecule has 0 spiro atoms. The van der Waals surface area contributed by atoms with Crippen LogP contribution < -0.4 is 0 Å². The number of hydrogen-bond acceptors (Lipinski definition) is 4. The highest BCUT2D eigenvalue weighted by Gasteiger charge is 2.29. The third-order valence-corrected chi connectivity index (χ3v) is 5.40. The van der Waals surface area contributed by atoms with E-state index in [1.807, 2.05) is 41.3 Å². The summed E-state index contributed by atoms with van der Waals surface area (Å²) in [4.78, 5) is 29.5. The first-order chi connectivity index (χ1) is 13.1. The lowest BCUT2D eigenvalue weighted by Gasteiger charge is -2.26. The van der Waals surface area contributed by atoms with Crippen LogP contribution in [-0.2, 0) is 11.2 Å². The van der Waals surface area contributed by atoms with Crippen LogP contribution in [0.1, 0.15) is 44.4 Å². The zero-order valence-electron chi connectivity index (χ0n) is 15.6. The van der Waals surface area contributed by atoms with Gasteiger partial charge in [0.25, 0.3) is 5.91 Å². The summed E-state index contributed by atoms with van der Waals surface area (Å²) in [7, 11) is 2.09. The van der Waals surface area contributed by atoms with E-state index < -0.39 is 0 Å². The highest BCUT2D eigenvalue weighted by Crippen LogP contribution is 2.31. The molecule has 1 fully saturated rings. The quantitative estimate of drug-likeness (QED) is 0.769. The van der Waals surface area contributed by atoms with Crippen LogP contribution in [0.5, 0.6) is 0 Å². The van der Waals surface area contributed by atoms with Crippen molar-refractivity contribution in [3.05, 3.63) is 70.8 Å². The van der Waals surface area contributed by atoms with Gasteiger partial charge in [-0.1, -0.05) is 30.3 Å². The van der Waals surface area contributed by atoms with Crippen LogP contribution in [0.4, 0.5) is 0 Å². The number of nitrogens with zero attached hydrogens (tertiary/aromatic N) is 2. The molecular formula is C22H24N2O3. The van der Waals surface area contributed by atoms with Crippen LogP contribution in [0, 0.1) is 0 Å². The van der Waals surface area contributed by atoms with Crippen molar-refractivity contribution >= 4 is 11.9 Å². The van der Waals surface area contributed by atoms with Crippen LogP contribution >= 0.6 is 0 Å². The normalized spacial score (nSPS) is 20.6. The highest BCUT2D eigenvalue weighted by molar-refractivity contribution is 5.97. The molecule has 2 aromatic carbocycles. The Bertz CT molecular complexity index is 850. The minimum absolute atomic E-state index is 0.0447. The number of esters is 1. The fourth-order valence-corrected chi connectivity index (χ4v) is 3.81. The van der Waals surface area contributed by atoms with Gasteiger partial charge in [0, 0.05) is 31.6 Å². The van der Waals surface area contributed by atoms with Gasteiger partial charge in [-0.25, -0.2) is 4.79 Å². The number of carbonyl (C=O) groups is 2. The van der Waals surface area contributed by atoms with E-state index in [0.717, 1.165) is 43.7 Å². The number of cyclic esters (lactones) is 1. The highest BCUT2D eigenvalue weighted by atomic mass is 16.5. The van der Waals surface area contributed by atoms with Crippen molar-refractivity contribution in [2.45, 2.75) is 18.9 Å². The van der Waals surface area contributed by atoms with Gasteiger partial charge in [-0.15, -0.1) is 0 Å². The second-order valence-electron chi connectivity index (χ2n) is 7.33. The van der Waals surface area contributed by atoms with E-state index in [0.29, 0.717) is 17.5 Å². The molecule has 27 heavy (non-hydrogen) atoms. The third kappa shape index (κ3) is 3.74. The van der Waals surface area contributed by atoms with E-state index >= 15 is 0 Å². The Kier molecular flexibility index (Phi) is 4.94. The summed E-state index contributed by atoms with van der Waals surface area (Å²) in [6, 6.07) is 15.1. The summed E-state index contributed by atoms with van der Waals surface area (Å²) >= 11 is 0. The van der Waals surface area contributed by atoms with E-state index in [9.17, 15) is 9.59 Å². The molecule has 5 nitrogen and oxygen atoms in total. The van der Waals surface area contributed by atoms with E-state index in [2.05, 4.69) is 11.9 Å². The van der Waals surface area contributed by atoms with Crippen molar-refractivity contribution in [1.82, 2.24) is 9.80 Å². The van der Waals surface area contributed by atoms with E-state index in [1.54, 1.807) is 12.1 Å². The molecule has 0 aliphatic carbocycles. The summed E-state index contributed by atoms with van der Waals surface area (Å²) in [6.07, 6.45) is 1.27. The molecular weight excluding hydrogens is 340 g/mol. The number of fused-ring (bicyclic) bond motifs is 1. The van der Waals surface area contributed by atoms with Gasteiger partial charge in [-0.2, -0.15) is 0 Å². The SMILES string of the molecule is CN1CCCN(C(=O)c2ccc3c(c2)CC(c2ccccc2)OC3=O)CC1. The Balaban J connectivity index is 1.57. The van der Waals surface area contributed by atoms with Gasteiger partial charge in [0.1, 0.15) is 6.10 Å². The molecule has 4 rings (SSSR count). The van der Waals surface area contributed by atoms with E-state index in [1.165, 1.54) is 0 Å². The second-order valence-corrected chi connectivity index (χ2v) is 7.33.